The summed E-state index contributed by atoms with van der Waals surface area (Å²) in [7, 11) is 0. The lowest BCUT2D eigenvalue weighted by molar-refractivity contribution is -0.130. The topological polar surface area (TPSA) is 67.5 Å². The Morgan fingerprint density at radius 1 is 1.47 bits per heavy atom. The van der Waals surface area contributed by atoms with Gasteiger partial charge in [0.05, 0.1) is 0 Å². The zero-order valence-electron chi connectivity index (χ0n) is 11.1. The summed E-state index contributed by atoms with van der Waals surface area (Å²) < 4.78 is 0. The van der Waals surface area contributed by atoms with E-state index in [1.54, 1.807) is 0 Å². The van der Waals surface area contributed by atoms with Gasteiger partial charge in [0.2, 0.25) is 5.91 Å². The van der Waals surface area contributed by atoms with E-state index in [4.69, 9.17) is 5.73 Å². The molecule has 0 aromatic heterocycles. The van der Waals surface area contributed by atoms with Crippen LogP contribution in [-0.4, -0.2) is 23.8 Å². The van der Waals surface area contributed by atoms with Crippen molar-refractivity contribution in [3.05, 3.63) is 35.4 Å². The predicted octanol–water partition coefficient (Wildman–Crippen LogP) is 1.17. The Bertz CT molecular complexity index is 535. The molecule has 1 heterocycles. The lowest BCUT2D eigenvalue weighted by Gasteiger charge is -2.50. The minimum absolute atomic E-state index is 0.236. The van der Waals surface area contributed by atoms with Crippen molar-refractivity contribution in [1.82, 2.24) is 5.32 Å². The fourth-order valence-corrected chi connectivity index (χ4v) is 2.95. The first kappa shape index (κ1) is 12.2. The highest BCUT2D eigenvalue weighted by atomic mass is 16.1. The van der Waals surface area contributed by atoms with Crippen LogP contribution in [0.4, 0.5) is 0 Å². The third-order valence-corrected chi connectivity index (χ3v) is 4.39. The number of carbonyl (C=O) groups is 1. The van der Waals surface area contributed by atoms with Gasteiger partial charge in [-0.15, -0.1) is 0 Å². The van der Waals surface area contributed by atoms with Crippen LogP contribution in [0.5, 0.6) is 0 Å². The summed E-state index contributed by atoms with van der Waals surface area (Å²) in [6.45, 7) is 2.79. The molecule has 0 saturated heterocycles. The van der Waals surface area contributed by atoms with Gasteiger partial charge in [0.15, 0.2) is 0 Å². The van der Waals surface area contributed by atoms with E-state index in [1.165, 1.54) is 11.1 Å². The second kappa shape index (κ2) is 4.37. The van der Waals surface area contributed by atoms with Gasteiger partial charge in [0.25, 0.3) is 0 Å². The molecule has 19 heavy (non-hydrogen) atoms. The number of primary amides is 1. The molecule has 100 valence electrons. The number of nitrogens with two attached hydrogens (primary N) is 1. The zero-order chi connectivity index (χ0) is 13.5. The Morgan fingerprint density at radius 2 is 2.21 bits per heavy atom. The van der Waals surface area contributed by atoms with Crippen LogP contribution < -0.4 is 11.1 Å². The van der Waals surface area contributed by atoms with Crippen molar-refractivity contribution in [3.8, 4) is 0 Å². The minimum atomic E-state index is -0.526. The SMILES string of the molecule is Cc1ccc(CC2=NCC3CCC3(C(N)=O)N2)cc1. The van der Waals surface area contributed by atoms with Crippen LogP contribution in [0.25, 0.3) is 0 Å². The summed E-state index contributed by atoms with van der Waals surface area (Å²) >= 11 is 0. The predicted molar refractivity (Wildman–Crippen MR) is 75.0 cm³/mol. The molecule has 1 aliphatic carbocycles. The van der Waals surface area contributed by atoms with Crippen molar-refractivity contribution in [3.63, 3.8) is 0 Å². The lowest BCUT2D eigenvalue weighted by Crippen LogP contribution is -2.70. The second-order valence-electron chi connectivity index (χ2n) is 5.65. The van der Waals surface area contributed by atoms with Gasteiger partial charge in [-0.2, -0.15) is 0 Å². The van der Waals surface area contributed by atoms with E-state index >= 15 is 0 Å². The summed E-state index contributed by atoms with van der Waals surface area (Å²) in [6.07, 6.45) is 2.61. The summed E-state index contributed by atoms with van der Waals surface area (Å²) in [5, 5.41) is 3.30. The number of amidine groups is 1. The van der Waals surface area contributed by atoms with E-state index in [0.717, 1.165) is 31.6 Å². The molecule has 1 aliphatic heterocycles. The van der Waals surface area contributed by atoms with Gasteiger partial charge in [0.1, 0.15) is 11.4 Å². The monoisotopic (exact) mass is 257 g/mol. The van der Waals surface area contributed by atoms with Crippen molar-refractivity contribution in [2.24, 2.45) is 16.6 Å². The number of carbonyl (C=O) groups excluding carboxylic acids is 1. The Hall–Kier alpha value is -1.84. The highest BCUT2D eigenvalue weighted by Gasteiger charge is 2.53. The van der Waals surface area contributed by atoms with Crippen molar-refractivity contribution in [2.75, 3.05) is 6.54 Å². The minimum Gasteiger partial charge on any atom is -0.368 e. The quantitative estimate of drug-likeness (QED) is 0.853. The molecule has 2 atom stereocenters. The first-order chi connectivity index (χ1) is 9.10. The van der Waals surface area contributed by atoms with Crippen LogP contribution in [0.1, 0.15) is 24.0 Å². The first-order valence-corrected chi connectivity index (χ1v) is 6.77. The number of fused-ring (bicyclic) bond motifs is 1. The summed E-state index contributed by atoms with van der Waals surface area (Å²) in [5.74, 6) is 0.936. The number of hydrogen-bond acceptors (Lipinski definition) is 3. The van der Waals surface area contributed by atoms with Gasteiger partial charge < -0.3 is 11.1 Å². The van der Waals surface area contributed by atoms with Gasteiger partial charge >= 0.3 is 0 Å². The number of benzene rings is 1. The number of nitrogens with one attached hydrogen (secondary N) is 1. The van der Waals surface area contributed by atoms with E-state index in [9.17, 15) is 4.79 Å². The molecule has 4 heteroatoms. The fourth-order valence-electron chi connectivity index (χ4n) is 2.95. The second-order valence-corrected chi connectivity index (χ2v) is 5.65. The van der Waals surface area contributed by atoms with Gasteiger partial charge in [-0.3, -0.25) is 9.79 Å². The number of amides is 1. The first-order valence-electron chi connectivity index (χ1n) is 6.77. The summed E-state index contributed by atoms with van der Waals surface area (Å²) in [4.78, 5) is 16.2. The van der Waals surface area contributed by atoms with E-state index < -0.39 is 5.54 Å². The fraction of sp³-hybridized carbons (Fsp3) is 0.467. The number of rotatable bonds is 3. The highest BCUT2D eigenvalue weighted by Crippen LogP contribution is 2.40. The molecule has 2 aliphatic rings. The van der Waals surface area contributed by atoms with Crippen molar-refractivity contribution < 1.29 is 4.79 Å². The number of nitrogens with zero attached hydrogens (tertiary/aromatic N) is 1. The third-order valence-electron chi connectivity index (χ3n) is 4.39. The molecule has 2 unspecified atom stereocenters. The number of aryl methyl sites for hydroxylation is 1. The smallest absolute Gasteiger partial charge is 0.243 e. The van der Waals surface area contributed by atoms with E-state index in [1.807, 2.05) is 0 Å². The molecule has 1 aromatic carbocycles. The Labute approximate surface area is 113 Å². The van der Waals surface area contributed by atoms with Gasteiger partial charge in [-0.05, 0) is 25.3 Å². The molecule has 1 fully saturated rings. The van der Waals surface area contributed by atoms with E-state index in [2.05, 4.69) is 41.5 Å². The molecule has 4 nitrogen and oxygen atoms in total. The van der Waals surface area contributed by atoms with Crippen LogP contribution >= 0.6 is 0 Å². The van der Waals surface area contributed by atoms with Gasteiger partial charge in [0, 0.05) is 18.9 Å². The average molecular weight is 257 g/mol. The van der Waals surface area contributed by atoms with E-state index in [0.29, 0.717) is 0 Å². The molecule has 1 saturated carbocycles. The molecule has 3 N–H and O–H groups in total. The molecule has 0 spiro atoms. The molecule has 1 aromatic rings. The average Bonchev–Trinajstić information content (AvgIpc) is 2.35. The van der Waals surface area contributed by atoms with Crippen molar-refractivity contribution in [2.45, 2.75) is 31.7 Å². The lowest BCUT2D eigenvalue weighted by atomic mass is 9.65. The summed E-state index contributed by atoms with van der Waals surface area (Å²) in [6, 6.07) is 8.39. The van der Waals surface area contributed by atoms with Crippen LogP contribution in [0, 0.1) is 12.8 Å². The van der Waals surface area contributed by atoms with Crippen LogP contribution in [0.15, 0.2) is 29.3 Å². The Morgan fingerprint density at radius 3 is 2.79 bits per heavy atom. The normalized spacial score (nSPS) is 28.7. The molecule has 3 rings (SSSR count). The van der Waals surface area contributed by atoms with Crippen LogP contribution in [-0.2, 0) is 11.2 Å². The molecule has 1 amide bonds. The largest absolute Gasteiger partial charge is 0.368 e. The van der Waals surface area contributed by atoms with Crippen LogP contribution in [0.2, 0.25) is 0 Å². The highest BCUT2D eigenvalue weighted by molar-refractivity contribution is 5.95. The van der Waals surface area contributed by atoms with Gasteiger partial charge in [-0.1, -0.05) is 29.8 Å². The molecule has 0 bridgehead atoms. The van der Waals surface area contributed by atoms with Crippen molar-refractivity contribution >= 4 is 11.7 Å². The maximum Gasteiger partial charge on any atom is 0.243 e. The maximum atomic E-state index is 11.7. The van der Waals surface area contributed by atoms with Crippen molar-refractivity contribution in [1.29, 1.82) is 0 Å². The Kier molecular flexibility index (Phi) is 2.81. The molecular formula is C15H19N3O. The van der Waals surface area contributed by atoms with E-state index in [-0.39, 0.29) is 11.8 Å². The van der Waals surface area contributed by atoms with Crippen LogP contribution in [0.3, 0.4) is 0 Å². The maximum absolute atomic E-state index is 11.7. The summed E-state index contributed by atoms with van der Waals surface area (Å²) in [5.41, 5.74) is 7.48. The zero-order valence-corrected chi connectivity index (χ0v) is 11.1. The molecular weight excluding hydrogens is 238 g/mol. The third kappa shape index (κ3) is 2.01. The standard InChI is InChI=1S/C15H19N3O/c1-10-2-4-11(5-3-10)8-13-17-9-12-6-7-15(12,18-13)14(16)19/h2-5,12H,6-9H2,1H3,(H2,16,19)(H,17,18). The van der Waals surface area contributed by atoms with Gasteiger partial charge in [-0.25, -0.2) is 0 Å². The Balaban J connectivity index is 1.76. The number of hydrogen-bond donors (Lipinski definition) is 2. The molecule has 0 radical (unpaired) electrons. The number of aliphatic imine (C=N–C) groups is 1.